The highest BCUT2D eigenvalue weighted by Gasteiger charge is 2.13. The molecule has 0 saturated heterocycles. The number of allylic oxidation sites excluding steroid dienone is 2. The number of benzene rings is 2. The fourth-order valence-electron chi connectivity index (χ4n) is 3.83. The van der Waals surface area contributed by atoms with Gasteiger partial charge in [0.05, 0.1) is 35.0 Å². The van der Waals surface area contributed by atoms with Crippen LogP contribution in [0.5, 0.6) is 23.0 Å². The van der Waals surface area contributed by atoms with Crippen LogP contribution in [0.1, 0.15) is 23.1 Å². The largest absolute Gasteiger partial charge is 0.493 e. The molecular weight excluding hydrogens is 402 g/mol. The van der Waals surface area contributed by atoms with Crippen molar-refractivity contribution in [3.63, 3.8) is 0 Å². The van der Waals surface area contributed by atoms with Gasteiger partial charge >= 0.3 is 0 Å². The maximum Gasteiger partial charge on any atom is 0.161 e. The molecule has 0 spiro atoms. The fourth-order valence-corrected chi connectivity index (χ4v) is 3.83. The number of nitrogens with zero attached hydrogens (tertiary/aromatic N) is 1. The van der Waals surface area contributed by atoms with Crippen molar-refractivity contribution in [2.75, 3.05) is 48.6 Å². The topological polar surface area (TPSA) is 40.2 Å². The van der Waals surface area contributed by atoms with Crippen molar-refractivity contribution in [3.05, 3.63) is 58.7 Å². The average molecular weight is 436 g/mol. The van der Waals surface area contributed by atoms with Gasteiger partial charge < -0.3 is 18.9 Å². The van der Waals surface area contributed by atoms with E-state index in [1.165, 1.54) is 22.3 Å². The van der Waals surface area contributed by atoms with Crippen LogP contribution in [0.3, 0.4) is 0 Å². The van der Waals surface area contributed by atoms with Crippen LogP contribution in [0.4, 0.5) is 0 Å². The van der Waals surface area contributed by atoms with Gasteiger partial charge in [0.15, 0.2) is 23.0 Å². The second-order valence-electron chi connectivity index (χ2n) is 7.89. The number of hydrogen-bond acceptors (Lipinski definition) is 5. The number of hydrogen-bond donors (Lipinski definition) is 0. The molecule has 0 saturated carbocycles. The van der Waals surface area contributed by atoms with Crippen molar-refractivity contribution >= 4 is 0 Å². The first kappa shape index (κ1) is 23.6. The first-order valence-electron chi connectivity index (χ1n) is 10.9. The van der Waals surface area contributed by atoms with E-state index >= 15 is 0 Å². The molecule has 1 aliphatic carbocycles. The minimum atomic E-state index is 0.735. The van der Waals surface area contributed by atoms with Gasteiger partial charge in [0, 0.05) is 6.54 Å². The van der Waals surface area contributed by atoms with Crippen LogP contribution in [0, 0.1) is 11.8 Å². The first-order valence-corrected chi connectivity index (χ1v) is 10.9. The van der Waals surface area contributed by atoms with Crippen LogP contribution in [0.2, 0.25) is 0 Å². The highest BCUT2D eigenvalue weighted by atomic mass is 16.5. The SMILES string of the molecule is COc1ccc(CCN(C)CC#CC2=CCc3cc(OC)c(OC)cc3CC2)cc1OC. The highest BCUT2D eigenvalue weighted by Crippen LogP contribution is 2.33. The zero-order valence-corrected chi connectivity index (χ0v) is 19.8. The van der Waals surface area contributed by atoms with Crippen LogP contribution in [-0.4, -0.2) is 53.5 Å². The number of aryl methyl sites for hydroxylation is 1. The van der Waals surface area contributed by atoms with E-state index in [1.807, 2.05) is 12.1 Å². The Morgan fingerprint density at radius 1 is 0.812 bits per heavy atom. The summed E-state index contributed by atoms with van der Waals surface area (Å²) in [6.07, 6.45) is 5.96. The summed E-state index contributed by atoms with van der Waals surface area (Å²) in [6, 6.07) is 10.3. The summed E-state index contributed by atoms with van der Waals surface area (Å²) in [6.45, 7) is 1.66. The molecule has 0 N–H and O–H groups in total. The van der Waals surface area contributed by atoms with Gasteiger partial charge in [-0.25, -0.2) is 0 Å². The molecular formula is C27H33NO4. The molecule has 0 unspecified atom stereocenters. The zero-order valence-electron chi connectivity index (χ0n) is 19.8. The molecule has 170 valence electrons. The van der Waals surface area contributed by atoms with Crippen molar-refractivity contribution in [1.29, 1.82) is 0 Å². The Morgan fingerprint density at radius 2 is 1.47 bits per heavy atom. The summed E-state index contributed by atoms with van der Waals surface area (Å²) in [5, 5.41) is 0. The molecule has 1 aliphatic rings. The molecule has 0 atom stereocenters. The van der Waals surface area contributed by atoms with Crippen LogP contribution in [-0.2, 0) is 19.3 Å². The van der Waals surface area contributed by atoms with Crippen LogP contribution < -0.4 is 18.9 Å². The number of likely N-dealkylation sites (N-methyl/N-ethyl adjacent to an activating group) is 1. The molecule has 0 bridgehead atoms. The lowest BCUT2D eigenvalue weighted by Gasteiger charge is -2.14. The van der Waals surface area contributed by atoms with E-state index in [-0.39, 0.29) is 0 Å². The lowest BCUT2D eigenvalue weighted by atomic mass is 10.0. The number of rotatable bonds is 8. The average Bonchev–Trinajstić information content (AvgIpc) is 3.03. The van der Waals surface area contributed by atoms with Gasteiger partial charge in [-0.05, 0) is 79.3 Å². The maximum atomic E-state index is 5.45. The van der Waals surface area contributed by atoms with Gasteiger partial charge in [-0.15, -0.1) is 0 Å². The van der Waals surface area contributed by atoms with Gasteiger partial charge in [-0.3, -0.25) is 4.90 Å². The molecule has 0 radical (unpaired) electrons. The summed E-state index contributed by atoms with van der Waals surface area (Å²) in [7, 11) is 8.77. The van der Waals surface area contributed by atoms with Gasteiger partial charge in [-0.2, -0.15) is 0 Å². The predicted molar refractivity (Wildman–Crippen MR) is 128 cm³/mol. The normalized spacial score (nSPS) is 12.8. The zero-order chi connectivity index (χ0) is 22.9. The van der Waals surface area contributed by atoms with E-state index in [9.17, 15) is 0 Å². The highest BCUT2D eigenvalue weighted by molar-refractivity contribution is 5.50. The number of methoxy groups -OCH3 is 4. The third-order valence-corrected chi connectivity index (χ3v) is 5.77. The third kappa shape index (κ3) is 5.99. The van der Waals surface area contributed by atoms with E-state index < -0.39 is 0 Å². The number of ether oxygens (including phenoxy) is 4. The summed E-state index contributed by atoms with van der Waals surface area (Å²) in [5.41, 5.74) is 5.01. The van der Waals surface area contributed by atoms with Crippen LogP contribution in [0.25, 0.3) is 0 Å². The van der Waals surface area contributed by atoms with Gasteiger partial charge in [0.25, 0.3) is 0 Å². The molecule has 0 aliphatic heterocycles. The lowest BCUT2D eigenvalue weighted by molar-refractivity contribution is 0.353. The molecule has 0 aromatic heterocycles. The van der Waals surface area contributed by atoms with Crippen molar-refractivity contribution in [3.8, 4) is 34.8 Å². The van der Waals surface area contributed by atoms with Gasteiger partial charge in [0.1, 0.15) is 0 Å². The predicted octanol–water partition coefficient (Wildman–Crippen LogP) is 4.31. The summed E-state index contributed by atoms with van der Waals surface area (Å²) in [4.78, 5) is 2.24. The third-order valence-electron chi connectivity index (χ3n) is 5.77. The number of fused-ring (bicyclic) bond motifs is 1. The minimum Gasteiger partial charge on any atom is -0.493 e. The fraction of sp³-hybridized carbons (Fsp3) is 0.407. The van der Waals surface area contributed by atoms with E-state index in [1.54, 1.807) is 28.4 Å². The minimum absolute atomic E-state index is 0.735. The molecule has 2 aromatic carbocycles. The van der Waals surface area contributed by atoms with E-state index in [0.29, 0.717) is 0 Å². The molecule has 5 nitrogen and oxygen atoms in total. The van der Waals surface area contributed by atoms with Crippen molar-refractivity contribution in [1.82, 2.24) is 4.90 Å². The lowest BCUT2D eigenvalue weighted by Crippen LogP contribution is -2.21. The maximum absolute atomic E-state index is 5.45. The van der Waals surface area contributed by atoms with E-state index in [2.05, 4.69) is 48.1 Å². The quantitative estimate of drug-likeness (QED) is 0.578. The van der Waals surface area contributed by atoms with Crippen LogP contribution >= 0.6 is 0 Å². The molecule has 5 heteroatoms. The standard InChI is InChI=1S/C27H33NO4/c1-28(16-14-21-10-13-24(29-2)25(17-21)30-3)15-6-7-20-8-11-22-18-26(31-4)27(32-5)19-23(22)12-9-20/h8,10,13,17-19H,9,11-12,14-16H2,1-5H3. The summed E-state index contributed by atoms with van der Waals surface area (Å²) < 4.78 is 21.6. The monoisotopic (exact) mass is 435 g/mol. The molecule has 2 aromatic rings. The molecule has 32 heavy (non-hydrogen) atoms. The van der Waals surface area contributed by atoms with Crippen molar-refractivity contribution in [2.45, 2.75) is 25.7 Å². The van der Waals surface area contributed by atoms with E-state index in [0.717, 1.165) is 61.8 Å². The van der Waals surface area contributed by atoms with Gasteiger partial charge in [-0.1, -0.05) is 24.0 Å². The second-order valence-corrected chi connectivity index (χ2v) is 7.89. The van der Waals surface area contributed by atoms with Gasteiger partial charge in [0.2, 0.25) is 0 Å². The first-order chi connectivity index (χ1) is 15.6. The molecule has 3 rings (SSSR count). The Balaban J connectivity index is 1.54. The Labute approximate surface area is 191 Å². The Kier molecular flexibility index (Phi) is 8.47. The Hall–Kier alpha value is -3.10. The summed E-state index contributed by atoms with van der Waals surface area (Å²) in [5.74, 6) is 9.83. The van der Waals surface area contributed by atoms with Crippen molar-refractivity contribution in [2.24, 2.45) is 0 Å². The van der Waals surface area contributed by atoms with Crippen LogP contribution in [0.15, 0.2) is 42.0 Å². The Bertz CT molecular complexity index is 1020. The molecule has 0 fully saturated rings. The molecule has 0 heterocycles. The van der Waals surface area contributed by atoms with Crippen molar-refractivity contribution < 1.29 is 18.9 Å². The smallest absolute Gasteiger partial charge is 0.161 e. The molecule has 0 amide bonds. The second kappa shape index (κ2) is 11.5. The summed E-state index contributed by atoms with van der Waals surface area (Å²) >= 11 is 0. The van der Waals surface area contributed by atoms with E-state index in [4.69, 9.17) is 18.9 Å². The Morgan fingerprint density at radius 3 is 2.16 bits per heavy atom.